The normalized spacial score (nSPS) is 26.9. The van der Waals surface area contributed by atoms with Crippen molar-refractivity contribution >= 4 is 21.6 Å². The van der Waals surface area contributed by atoms with Gasteiger partial charge in [-0.25, -0.2) is 8.42 Å². The Hall–Kier alpha value is 0.260. The van der Waals surface area contributed by atoms with Crippen LogP contribution in [0.1, 0.15) is 32.1 Å². The van der Waals surface area contributed by atoms with Gasteiger partial charge < -0.3 is 5.32 Å². The third-order valence-electron chi connectivity index (χ3n) is 3.18. The van der Waals surface area contributed by atoms with E-state index in [9.17, 15) is 8.42 Å². The van der Waals surface area contributed by atoms with Crippen molar-refractivity contribution in [3.8, 4) is 0 Å². The highest BCUT2D eigenvalue weighted by atomic mass is 32.2. The molecule has 96 valence electrons. The molecule has 0 aliphatic heterocycles. The summed E-state index contributed by atoms with van der Waals surface area (Å²) >= 11 is 1.84. The fourth-order valence-corrected chi connectivity index (χ4v) is 4.20. The van der Waals surface area contributed by atoms with Gasteiger partial charge in [-0.05, 0) is 37.8 Å². The van der Waals surface area contributed by atoms with Gasteiger partial charge in [0.05, 0.1) is 5.25 Å². The monoisotopic (exact) mass is 265 g/mol. The van der Waals surface area contributed by atoms with E-state index in [1.165, 1.54) is 6.26 Å². The van der Waals surface area contributed by atoms with Crippen molar-refractivity contribution in [2.45, 2.75) is 43.4 Å². The quantitative estimate of drug-likeness (QED) is 0.742. The maximum atomic E-state index is 11.6. The van der Waals surface area contributed by atoms with Gasteiger partial charge in [-0.2, -0.15) is 11.8 Å². The van der Waals surface area contributed by atoms with E-state index in [1.807, 2.05) is 11.8 Å². The molecule has 16 heavy (non-hydrogen) atoms. The lowest BCUT2D eigenvalue weighted by Gasteiger charge is -2.31. The molecule has 0 saturated heterocycles. The Bertz CT molecular complexity index is 290. The first-order chi connectivity index (χ1) is 7.55. The lowest BCUT2D eigenvalue weighted by atomic mass is 9.95. The lowest BCUT2D eigenvalue weighted by Crippen LogP contribution is -2.46. The average Bonchev–Trinajstić information content (AvgIpc) is 2.24. The van der Waals surface area contributed by atoms with E-state index in [1.54, 1.807) is 0 Å². The molecule has 1 rings (SSSR count). The second-order valence-corrected chi connectivity index (χ2v) is 7.81. The van der Waals surface area contributed by atoms with Crippen molar-refractivity contribution in [2.75, 3.05) is 24.8 Å². The summed E-state index contributed by atoms with van der Waals surface area (Å²) in [5.74, 6) is 1.14. The van der Waals surface area contributed by atoms with Gasteiger partial charge in [0.25, 0.3) is 0 Å². The summed E-state index contributed by atoms with van der Waals surface area (Å²) < 4.78 is 23.3. The van der Waals surface area contributed by atoms with Crippen LogP contribution in [-0.4, -0.2) is 44.5 Å². The number of nitrogens with one attached hydrogen (secondary N) is 1. The van der Waals surface area contributed by atoms with Crippen molar-refractivity contribution in [1.82, 2.24) is 5.32 Å². The number of thioether (sulfide) groups is 1. The maximum Gasteiger partial charge on any atom is 0.151 e. The molecule has 1 aliphatic carbocycles. The van der Waals surface area contributed by atoms with Crippen molar-refractivity contribution in [3.63, 3.8) is 0 Å². The highest BCUT2D eigenvalue weighted by Gasteiger charge is 2.31. The Kier molecular flexibility index (Phi) is 6.15. The molecule has 0 bridgehead atoms. The predicted molar refractivity (Wildman–Crippen MR) is 71.9 cm³/mol. The summed E-state index contributed by atoms with van der Waals surface area (Å²) in [6.07, 6.45) is 8.65. The van der Waals surface area contributed by atoms with Gasteiger partial charge in [0.1, 0.15) is 0 Å². The molecule has 1 saturated carbocycles. The molecule has 0 heterocycles. The van der Waals surface area contributed by atoms with Crippen LogP contribution in [0, 0.1) is 0 Å². The fourth-order valence-electron chi connectivity index (χ4n) is 2.35. The molecule has 0 aromatic heterocycles. The topological polar surface area (TPSA) is 46.2 Å². The van der Waals surface area contributed by atoms with Crippen molar-refractivity contribution in [1.29, 1.82) is 0 Å². The van der Waals surface area contributed by atoms with Crippen LogP contribution in [0.3, 0.4) is 0 Å². The molecule has 0 spiro atoms. The minimum Gasteiger partial charge on any atom is -0.313 e. The minimum atomic E-state index is -2.89. The molecular weight excluding hydrogens is 242 g/mol. The molecule has 5 heteroatoms. The fraction of sp³-hybridized carbons (Fsp3) is 1.00. The summed E-state index contributed by atoms with van der Waals surface area (Å²) in [5.41, 5.74) is 0. The van der Waals surface area contributed by atoms with Crippen LogP contribution in [0.5, 0.6) is 0 Å². The van der Waals surface area contributed by atoms with E-state index in [0.29, 0.717) is 0 Å². The summed E-state index contributed by atoms with van der Waals surface area (Å²) in [6, 6.07) is 0.186. The Morgan fingerprint density at radius 2 is 2.00 bits per heavy atom. The highest BCUT2D eigenvalue weighted by molar-refractivity contribution is 7.98. The number of hydrogen-bond donors (Lipinski definition) is 1. The highest BCUT2D eigenvalue weighted by Crippen LogP contribution is 2.23. The standard InChI is InChI=1S/C11H23NO2S2/c1-15-9-5-8-12-10-6-3-4-7-11(10)16(2,13)14/h10-12H,3-9H2,1-2H3. The zero-order valence-corrected chi connectivity index (χ0v) is 11.9. The molecule has 1 fully saturated rings. The van der Waals surface area contributed by atoms with Gasteiger partial charge in [0, 0.05) is 12.3 Å². The van der Waals surface area contributed by atoms with Crippen LogP contribution in [0.4, 0.5) is 0 Å². The van der Waals surface area contributed by atoms with E-state index in [-0.39, 0.29) is 11.3 Å². The van der Waals surface area contributed by atoms with Gasteiger partial charge in [0.15, 0.2) is 9.84 Å². The Labute approximate surface area is 104 Å². The van der Waals surface area contributed by atoms with Crippen LogP contribution in [0.25, 0.3) is 0 Å². The maximum absolute atomic E-state index is 11.6. The first-order valence-corrected chi connectivity index (χ1v) is 9.31. The molecule has 1 aliphatic rings. The molecule has 0 aromatic rings. The van der Waals surface area contributed by atoms with E-state index in [4.69, 9.17) is 0 Å². The summed E-state index contributed by atoms with van der Waals surface area (Å²) in [7, 11) is -2.89. The number of hydrogen-bond acceptors (Lipinski definition) is 4. The summed E-state index contributed by atoms with van der Waals surface area (Å²) in [4.78, 5) is 0. The molecule has 2 unspecified atom stereocenters. The van der Waals surface area contributed by atoms with E-state index in [0.717, 1.165) is 44.4 Å². The Morgan fingerprint density at radius 1 is 1.31 bits per heavy atom. The van der Waals surface area contributed by atoms with Gasteiger partial charge in [0.2, 0.25) is 0 Å². The largest absolute Gasteiger partial charge is 0.313 e. The van der Waals surface area contributed by atoms with Crippen LogP contribution in [0.15, 0.2) is 0 Å². The average molecular weight is 265 g/mol. The third kappa shape index (κ3) is 4.63. The van der Waals surface area contributed by atoms with Crippen molar-refractivity contribution in [2.24, 2.45) is 0 Å². The molecular formula is C11H23NO2S2. The van der Waals surface area contributed by atoms with Crippen LogP contribution < -0.4 is 5.32 Å². The molecule has 0 radical (unpaired) electrons. The smallest absolute Gasteiger partial charge is 0.151 e. The van der Waals surface area contributed by atoms with Crippen LogP contribution >= 0.6 is 11.8 Å². The predicted octanol–water partition coefficient (Wildman–Crippen LogP) is 1.68. The first kappa shape index (κ1) is 14.3. The molecule has 1 N–H and O–H groups in total. The zero-order valence-electron chi connectivity index (χ0n) is 10.2. The molecule has 3 nitrogen and oxygen atoms in total. The van der Waals surface area contributed by atoms with Crippen molar-refractivity contribution < 1.29 is 8.42 Å². The molecule has 0 amide bonds. The van der Waals surface area contributed by atoms with E-state index in [2.05, 4.69) is 11.6 Å². The first-order valence-electron chi connectivity index (χ1n) is 5.97. The number of rotatable bonds is 6. The summed E-state index contributed by atoms with van der Waals surface area (Å²) in [5, 5.41) is 3.26. The van der Waals surface area contributed by atoms with Crippen LogP contribution in [-0.2, 0) is 9.84 Å². The zero-order chi connectivity index (χ0) is 12.0. The van der Waals surface area contributed by atoms with Gasteiger partial charge in [-0.1, -0.05) is 12.8 Å². The SMILES string of the molecule is CSCCCNC1CCCCC1S(C)(=O)=O. The van der Waals surface area contributed by atoms with Crippen molar-refractivity contribution in [3.05, 3.63) is 0 Å². The third-order valence-corrected chi connectivity index (χ3v) is 5.55. The molecule has 0 aromatic carbocycles. The number of sulfone groups is 1. The van der Waals surface area contributed by atoms with E-state index >= 15 is 0 Å². The van der Waals surface area contributed by atoms with Gasteiger partial charge in [-0.15, -0.1) is 0 Å². The molecule has 2 atom stereocenters. The minimum absolute atomic E-state index is 0.157. The Morgan fingerprint density at radius 3 is 2.62 bits per heavy atom. The second-order valence-electron chi connectivity index (χ2n) is 4.56. The van der Waals surface area contributed by atoms with Crippen LogP contribution in [0.2, 0.25) is 0 Å². The second kappa shape index (κ2) is 6.87. The van der Waals surface area contributed by atoms with E-state index < -0.39 is 9.84 Å². The Balaban J connectivity index is 2.42. The van der Waals surface area contributed by atoms with Gasteiger partial charge >= 0.3 is 0 Å². The summed E-state index contributed by atoms with van der Waals surface area (Å²) in [6.45, 7) is 0.942. The van der Waals surface area contributed by atoms with Gasteiger partial charge in [-0.3, -0.25) is 0 Å². The lowest BCUT2D eigenvalue weighted by molar-refractivity contribution is 0.373.